The Morgan fingerprint density at radius 1 is 0.386 bits per heavy atom. The van der Waals surface area contributed by atoms with Crippen molar-refractivity contribution >= 4 is 64.9 Å². The first-order valence-electron chi connectivity index (χ1n) is 14.4. The molecule has 0 aliphatic heterocycles. The number of thiazole rings is 2. The van der Waals surface area contributed by atoms with E-state index in [2.05, 4.69) is 121 Å². The summed E-state index contributed by atoms with van der Waals surface area (Å²) in [5, 5.41) is 3.91. The summed E-state index contributed by atoms with van der Waals surface area (Å²) in [5.74, 6) is 0. The first-order chi connectivity index (χ1) is 21.8. The molecule has 0 atom stereocenters. The van der Waals surface area contributed by atoms with Gasteiger partial charge in [0.15, 0.2) is 0 Å². The molecule has 6 heteroatoms. The summed E-state index contributed by atoms with van der Waals surface area (Å²) in [4.78, 5) is 20.6. The van der Waals surface area contributed by atoms with Crippen LogP contribution in [0.3, 0.4) is 0 Å². The SMILES string of the molecule is c1ccc(-c2cc(-c3nc4ccccc4s3)nc3c2ccc2c(-c4ccccc4)cc(-c4nc5ccccc5s4)nc23)cc1. The minimum atomic E-state index is 0.846. The third kappa shape index (κ3) is 4.19. The smallest absolute Gasteiger partial charge is 0.143 e. The third-order valence-electron chi connectivity index (χ3n) is 7.95. The van der Waals surface area contributed by atoms with Gasteiger partial charge in [0.1, 0.15) is 21.4 Å². The van der Waals surface area contributed by atoms with Gasteiger partial charge in [-0.15, -0.1) is 22.7 Å². The molecule has 0 bridgehead atoms. The molecule has 0 saturated heterocycles. The fourth-order valence-corrected chi connectivity index (χ4v) is 7.72. The first-order valence-corrected chi connectivity index (χ1v) is 16.0. The number of benzene rings is 5. The van der Waals surface area contributed by atoms with Crippen LogP contribution in [0.4, 0.5) is 0 Å². The summed E-state index contributed by atoms with van der Waals surface area (Å²) in [6.07, 6.45) is 0. The van der Waals surface area contributed by atoms with E-state index in [0.717, 1.165) is 85.9 Å². The number of aromatic nitrogens is 4. The van der Waals surface area contributed by atoms with E-state index in [1.807, 2.05) is 12.1 Å². The van der Waals surface area contributed by atoms with Crippen LogP contribution < -0.4 is 0 Å². The number of hydrogen-bond acceptors (Lipinski definition) is 6. The molecule has 0 saturated carbocycles. The van der Waals surface area contributed by atoms with Crippen molar-refractivity contribution in [2.45, 2.75) is 0 Å². The lowest BCUT2D eigenvalue weighted by Gasteiger charge is -2.14. The largest absolute Gasteiger partial charge is 0.243 e. The molecule has 4 heterocycles. The monoisotopic (exact) mass is 598 g/mol. The molecule has 0 radical (unpaired) electrons. The Morgan fingerprint density at radius 3 is 1.23 bits per heavy atom. The highest BCUT2D eigenvalue weighted by Crippen LogP contribution is 2.41. The first kappa shape index (κ1) is 25.2. The van der Waals surface area contributed by atoms with Crippen LogP contribution in [0.2, 0.25) is 0 Å². The quantitative estimate of drug-likeness (QED) is 0.189. The fraction of sp³-hybridized carbons (Fsp3) is 0. The second-order valence-electron chi connectivity index (χ2n) is 10.7. The van der Waals surface area contributed by atoms with Gasteiger partial charge >= 0.3 is 0 Å². The molecule has 4 nitrogen and oxygen atoms in total. The highest BCUT2D eigenvalue weighted by Gasteiger charge is 2.19. The summed E-state index contributed by atoms with van der Waals surface area (Å²) in [5.41, 5.74) is 9.86. The Kier molecular flexibility index (Phi) is 5.82. The molecular weight excluding hydrogens is 577 g/mol. The summed E-state index contributed by atoms with van der Waals surface area (Å²) >= 11 is 3.34. The van der Waals surface area contributed by atoms with Gasteiger partial charge in [-0.25, -0.2) is 19.9 Å². The van der Waals surface area contributed by atoms with Gasteiger partial charge in [0.2, 0.25) is 0 Å². The number of fused-ring (bicyclic) bond motifs is 5. The Labute approximate surface area is 261 Å². The molecule has 0 fully saturated rings. The molecule has 44 heavy (non-hydrogen) atoms. The molecule has 206 valence electrons. The Balaban J connectivity index is 1.39. The van der Waals surface area contributed by atoms with Crippen LogP contribution in [0.15, 0.2) is 133 Å². The maximum absolute atomic E-state index is 5.34. The molecule has 0 amide bonds. The van der Waals surface area contributed by atoms with Crippen molar-refractivity contribution in [2.24, 2.45) is 0 Å². The van der Waals surface area contributed by atoms with Gasteiger partial charge in [0, 0.05) is 10.8 Å². The van der Waals surface area contributed by atoms with Crippen LogP contribution in [-0.4, -0.2) is 19.9 Å². The Hall–Kier alpha value is -5.30. The molecule has 0 unspecified atom stereocenters. The molecule has 0 spiro atoms. The van der Waals surface area contributed by atoms with E-state index in [-0.39, 0.29) is 0 Å². The lowest BCUT2D eigenvalue weighted by Crippen LogP contribution is -1.95. The summed E-state index contributed by atoms with van der Waals surface area (Å²) in [7, 11) is 0. The van der Waals surface area contributed by atoms with E-state index >= 15 is 0 Å². The van der Waals surface area contributed by atoms with E-state index in [1.165, 1.54) is 0 Å². The predicted molar refractivity (Wildman–Crippen MR) is 185 cm³/mol. The number of rotatable bonds is 4. The predicted octanol–water partition coefficient (Wildman–Crippen LogP) is 10.7. The molecule has 0 aliphatic rings. The minimum absolute atomic E-state index is 0.846. The lowest BCUT2D eigenvalue weighted by atomic mass is 9.95. The summed E-state index contributed by atoms with van der Waals surface area (Å²) in [6, 6.07) is 46.3. The fourth-order valence-electron chi connectivity index (χ4n) is 5.87. The number of nitrogens with zero attached hydrogens (tertiary/aromatic N) is 4. The van der Waals surface area contributed by atoms with Crippen LogP contribution in [0.5, 0.6) is 0 Å². The molecule has 5 aromatic carbocycles. The maximum Gasteiger partial charge on any atom is 0.143 e. The second-order valence-corrected chi connectivity index (χ2v) is 12.7. The van der Waals surface area contributed by atoms with Crippen LogP contribution >= 0.6 is 22.7 Å². The van der Waals surface area contributed by atoms with Crippen molar-refractivity contribution in [3.05, 3.63) is 133 Å². The zero-order chi connectivity index (χ0) is 29.0. The number of hydrogen-bond donors (Lipinski definition) is 0. The second kappa shape index (κ2) is 10.2. The zero-order valence-electron chi connectivity index (χ0n) is 23.3. The Morgan fingerprint density at radius 2 is 0.795 bits per heavy atom. The van der Waals surface area contributed by atoms with Crippen molar-refractivity contribution < 1.29 is 0 Å². The highest BCUT2D eigenvalue weighted by atomic mass is 32.1. The Bertz CT molecular complexity index is 2260. The van der Waals surface area contributed by atoms with Crippen LogP contribution in [0.1, 0.15) is 0 Å². The van der Waals surface area contributed by atoms with Gasteiger partial charge in [0.25, 0.3) is 0 Å². The van der Waals surface area contributed by atoms with Crippen LogP contribution in [-0.2, 0) is 0 Å². The molecule has 0 aliphatic carbocycles. The minimum Gasteiger partial charge on any atom is -0.243 e. The van der Waals surface area contributed by atoms with Gasteiger partial charge in [-0.3, -0.25) is 0 Å². The van der Waals surface area contributed by atoms with E-state index < -0.39 is 0 Å². The average Bonchev–Trinajstić information content (AvgIpc) is 3.73. The van der Waals surface area contributed by atoms with Gasteiger partial charge in [-0.05, 0) is 58.7 Å². The number of para-hydroxylation sites is 2. The normalized spacial score (nSPS) is 11.6. The van der Waals surface area contributed by atoms with Gasteiger partial charge in [-0.2, -0.15) is 0 Å². The highest BCUT2D eigenvalue weighted by molar-refractivity contribution is 7.22. The van der Waals surface area contributed by atoms with Crippen molar-refractivity contribution in [2.75, 3.05) is 0 Å². The van der Waals surface area contributed by atoms with Crippen LogP contribution in [0.25, 0.3) is 85.9 Å². The summed E-state index contributed by atoms with van der Waals surface area (Å²) in [6.45, 7) is 0. The molecule has 4 aromatic heterocycles. The molecule has 0 N–H and O–H groups in total. The topological polar surface area (TPSA) is 51.6 Å². The van der Waals surface area contributed by atoms with Crippen molar-refractivity contribution in [1.82, 2.24) is 19.9 Å². The molecule has 9 rings (SSSR count). The van der Waals surface area contributed by atoms with Gasteiger partial charge in [-0.1, -0.05) is 97.1 Å². The van der Waals surface area contributed by atoms with E-state index in [9.17, 15) is 0 Å². The maximum atomic E-state index is 5.34. The van der Waals surface area contributed by atoms with Gasteiger partial charge < -0.3 is 0 Å². The van der Waals surface area contributed by atoms with Gasteiger partial charge in [0.05, 0.1) is 31.5 Å². The third-order valence-corrected chi connectivity index (χ3v) is 10.1. The van der Waals surface area contributed by atoms with Crippen molar-refractivity contribution in [3.63, 3.8) is 0 Å². The molecule has 9 aromatic rings. The standard InChI is InChI=1S/C38H22N4S2/c1-3-11-23(12-4-1)27-21-31(37-41-29-15-7-9-17-33(29)43-37)39-35-25(27)19-20-26-28(24-13-5-2-6-14-24)22-32(40-36(26)35)38-42-30-16-8-10-18-34(30)44-38/h1-22H. The molecular formula is C38H22N4S2. The zero-order valence-corrected chi connectivity index (χ0v) is 24.9. The van der Waals surface area contributed by atoms with E-state index in [1.54, 1.807) is 22.7 Å². The van der Waals surface area contributed by atoms with Crippen molar-refractivity contribution in [1.29, 1.82) is 0 Å². The lowest BCUT2D eigenvalue weighted by molar-refractivity contribution is 1.34. The van der Waals surface area contributed by atoms with E-state index in [0.29, 0.717) is 0 Å². The van der Waals surface area contributed by atoms with Crippen LogP contribution in [0, 0.1) is 0 Å². The summed E-state index contributed by atoms with van der Waals surface area (Å²) < 4.78 is 2.29. The number of pyridine rings is 2. The average molecular weight is 599 g/mol. The van der Waals surface area contributed by atoms with E-state index in [4.69, 9.17) is 19.9 Å². The van der Waals surface area contributed by atoms with Crippen molar-refractivity contribution in [3.8, 4) is 43.7 Å².